The summed E-state index contributed by atoms with van der Waals surface area (Å²) < 4.78 is 2.35. The van der Waals surface area contributed by atoms with E-state index in [0.29, 0.717) is 0 Å². The van der Waals surface area contributed by atoms with Crippen LogP contribution in [-0.4, -0.2) is 14.5 Å². The molecule has 3 nitrogen and oxygen atoms in total. The molecule has 0 amide bonds. The molecule has 0 spiro atoms. The van der Waals surface area contributed by atoms with Crippen molar-refractivity contribution in [3.63, 3.8) is 0 Å². The molecule has 2 aromatic heterocycles. The molecular weight excluding hydrogens is 739 g/mol. The van der Waals surface area contributed by atoms with Crippen molar-refractivity contribution in [1.82, 2.24) is 14.5 Å². The average molecular weight is 776 g/mol. The molecule has 0 fully saturated rings. The largest absolute Gasteiger partial charge is 0.292 e. The molecule has 12 rings (SSSR count). The molecular formula is C58H37N3. The van der Waals surface area contributed by atoms with Gasteiger partial charge in [-0.1, -0.05) is 176 Å². The number of benzene rings is 10. The Labute approximate surface area is 353 Å². The van der Waals surface area contributed by atoms with Crippen molar-refractivity contribution in [3.8, 4) is 61.6 Å². The number of fused-ring (bicyclic) bond motifs is 8. The highest BCUT2D eigenvalue weighted by Crippen LogP contribution is 2.43. The number of nitrogens with zero attached hydrogens (tertiary/aromatic N) is 3. The zero-order valence-corrected chi connectivity index (χ0v) is 33.2. The molecule has 0 aliphatic carbocycles. The van der Waals surface area contributed by atoms with Gasteiger partial charge in [0.05, 0.1) is 22.1 Å². The van der Waals surface area contributed by atoms with E-state index in [2.05, 4.69) is 217 Å². The fraction of sp³-hybridized carbons (Fsp3) is 0. The van der Waals surface area contributed by atoms with Crippen molar-refractivity contribution >= 4 is 54.4 Å². The molecule has 0 atom stereocenters. The summed E-state index contributed by atoms with van der Waals surface area (Å²) >= 11 is 0. The van der Waals surface area contributed by atoms with Crippen LogP contribution >= 0.6 is 0 Å². The van der Waals surface area contributed by atoms with Gasteiger partial charge in [0.25, 0.3) is 0 Å². The van der Waals surface area contributed by atoms with Crippen molar-refractivity contribution in [1.29, 1.82) is 0 Å². The van der Waals surface area contributed by atoms with Gasteiger partial charge in [-0.25, -0.2) is 9.97 Å². The summed E-state index contributed by atoms with van der Waals surface area (Å²) in [4.78, 5) is 10.9. The lowest BCUT2D eigenvalue weighted by Gasteiger charge is -2.15. The summed E-state index contributed by atoms with van der Waals surface area (Å²) in [6.45, 7) is 0. The molecule has 0 saturated carbocycles. The minimum absolute atomic E-state index is 0.803. The second-order valence-corrected chi connectivity index (χ2v) is 15.8. The quantitative estimate of drug-likeness (QED) is 0.168. The van der Waals surface area contributed by atoms with E-state index in [-0.39, 0.29) is 0 Å². The monoisotopic (exact) mass is 775 g/mol. The fourth-order valence-electron chi connectivity index (χ4n) is 9.18. The van der Waals surface area contributed by atoms with E-state index in [9.17, 15) is 0 Å². The van der Waals surface area contributed by atoms with Crippen LogP contribution in [0.2, 0.25) is 0 Å². The third-order valence-electron chi connectivity index (χ3n) is 12.1. The summed E-state index contributed by atoms with van der Waals surface area (Å²) in [6.07, 6.45) is 0. The zero-order valence-electron chi connectivity index (χ0n) is 33.2. The first-order valence-corrected chi connectivity index (χ1v) is 20.8. The molecule has 0 unspecified atom stereocenters. The summed E-state index contributed by atoms with van der Waals surface area (Å²) in [5.74, 6) is 0.803. The van der Waals surface area contributed by atoms with E-state index in [1.165, 1.54) is 65.7 Å². The van der Waals surface area contributed by atoms with Gasteiger partial charge in [-0.05, 0) is 115 Å². The molecule has 0 N–H and O–H groups in total. The van der Waals surface area contributed by atoms with Crippen LogP contribution in [0, 0.1) is 0 Å². The minimum atomic E-state index is 0.803. The fourth-order valence-corrected chi connectivity index (χ4v) is 9.18. The maximum absolute atomic E-state index is 5.49. The Bertz CT molecular complexity index is 3550. The van der Waals surface area contributed by atoms with Crippen LogP contribution in [0.1, 0.15) is 0 Å². The number of rotatable bonds is 6. The Kier molecular flexibility index (Phi) is 8.17. The number of aromatic nitrogens is 3. The first-order valence-electron chi connectivity index (χ1n) is 20.8. The van der Waals surface area contributed by atoms with Gasteiger partial charge >= 0.3 is 0 Å². The maximum Gasteiger partial charge on any atom is 0.165 e. The van der Waals surface area contributed by atoms with E-state index in [1.807, 2.05) is 12.1 Å². The molecule has 0 bridgehead atoms. The second-order valence-electron chi connectivity index (χ2n) is 15.8. The van der Waals surface area contributed by atoms with Crippen LogP contribution in [0.15, 0.2) is 224 Å². The SMILES string of the molecule is c1ccc(-c2cc(-c3ccccc3)cc(-c3ccc(-c4nc5ccccc5nc4-n4c5ccc6ccccc6c5c5c6cc(-c7ccccc7)ccc6ccc54)cc3)c2)cc1. The van der Waals surface area contributed by atoms with Gasteiger partial charge in [0.15, 0.2) is 5.82 Å². The van der Waals surface area contributed by atoms with E-state index in [0.717, 1.165) is 50.3 Å². The standard InChI is InChI=1S/C58H37N3/c1-4-14-38(15-5-1)45-29-26-43-31-33-54-56(50(43)37-45)55-49-21-11-10-20-42(49)30-32-53(55)61(54)58-57(59-51-22-12-13-23-52(51)60-58)44-27-24-41(25-28-44)48-35-46(39-16-6-2-7-17-39)34-47(36-48)40-18-8-3-9-19-40/h1-37H. The van der Waals surface area contributed by atoms with E-state index >= 15 is 0 Å². The topological polar surface area (TPSA) is 30.7 Å². The lowest BCUT2D eigenvalue weighted by molar-refractivity contribution is 1.08. The summed E-state index contributed by atoms with van der Waals surface area (Å²) in [5.41, 5.74) is 15.2. The van der Waals surface area contributed by atoms with Gasteiger partial charge in [0.1, 0.15) is 5.69 Å². The van der Waals surface area contributed by atoms with Crippen LogP contribution in [0.25, 0.3) is 116 Å². The minimum Gasteiger partial charge on any atom is -0.292 e. The van der Waals surface area contributed by atoms with Crippen molar-refractivity contribution in [2.45, 2.75) is 0 Å². The second kappa shape index (κ2) is 14.3. The first-order chi connectivity index (χ1) is 30.2. The third kappa shape index (κ3) is 5.98. The molecule has 2 heterocycles. The van der Waals surface area contributed by atoms with Gasteiger partial charge in [-0.3, -0.25) is 4.57 Å². The average Bonchev–Trinajstić information content (AvgIpc) is 3.69. The zero-order chi connectivity index (χ0) is 40.3. The van der Waals surface area contributed by atoms with Crippen LogP contribution in [-0.2, 0) is 0 Å². The Balaban J connectivity index is 1.09. The number of para-hydroxylation sites is 2. The predicted molar refractivity (Wildman–Crippen MR) is 256 cm³/mol. The van der Waals surface area contributed by atoms with E-state index in [4.69, 9.17) is 9.97 Å². The van der Waals surface area contributed by atoms with Gasteiger partial charge in [0, 0.05) is 16.3 Å². The Hall–Kier alpha value is -8.14. The van der Waals surface area contributed by atoms with Crippen LogP contribution < -0.4 is 0 Å². The molecule has 0 saturated heterocycles. The molecule has 0 aliphatic rings. The molecule has 61 heavy (non-hydrogen) atoms. The molecule has 0 aliphatic heterocycles. The van der Waals surface area contributed by atoms with Crippen LogP contribution in [0.5, 0.6) is 0 Å². The van der Waals surface area contributed by atoms with Crippen molar-refractivity contribution in [2.75, 3.05) is 0 Å². The Morgan fingerprint density at radius 1 is 0.279 bits per heavy atom. The highest BCUT2D eigenvalue weighted by atomic mass is 15.1. The molecule has 10 aromatic carbocycles. The predicted octanol–water partition coefficient (Wildman–Crippen LogP) is 15.4. The van der Waals surface area contributed by atoms with Gasteiger partial charge in [-0.15, -0.1) is 0 Å². The first kappa shape index (κ1) is 34.9. The van der Waals surface area contributed by atoms with Gasteiger partial charge in [0.2, 0.25) is 0 Å². The summed E-state index contributed by atoms with van der Waals surface area (Å²) in [5, 5.41) is 7.27. The van der Waals surface area contributed by atoms with Crippen molar-refractivity contribution in [3.05, 3.63) is 224 Å². The van der Waals surface area contributed by atoms with E-state index < -0.39 is 0 Å². The lowest BCUT2D eigenvalue weighted by atomic mass is 9.93. The summed E-state index contributed by atoms with van der Waals surface area (Å²) in [6, 6.07) is 80.5. The number of hydrogen-bond donors (Lipinski definition) is 0. The van der Waals surface area contributed by atoms with Crippen LogP contribution in [0.4, 0.5) is 0 Å². The molecule has 3 heteroatoms. The highest BCUT2D eigenvalue weighted by Gasteiger charge is 2.22. The Morgan fingerprint density at radius 2 is 0.705 bits per heavy atom. The Morgan fingerprint density at radius 3 is 1.31 bits per heavy atom. The summed E-state index contributed by atoms with van der Waals surface area (Å²) in [7, 11) is 0. The van der Waals surface area contributed by atoms with Crippen LogP contribution in [0.3, 0.4) is 0 Å². The normalized spacial score (nSPS) is 11.6. The smallest absolute Gasteiger partial charge is 0.165 e. The van der Waals surface area contributed by atoms with E-state index in [1.54, 1.807) is 0 Å². The maximum atomic E-state index is 5.49. The molecule has 0 radical (unpaired) electrons. The molecule has 284 valence electrons. The van der Waals surface area contributed by atoms with Crippen molar-refractivity contribution in [2.24, 2.45) is 0 Å². The molecule has 12 aromatic rings. The van der Waals surface area contributed by atoms with Gasteiger partial charge in [-0.2, -0.15) is 0 Å². The lowest BCUT2D eigenvalue weighted by Crippen LogP contribution is -2.03. The highest BCUT2D eigenvalue weighted by molar-refractivity contribution is 6.29. The number of hydrogen-bond acceptors (Lipinski definition) is 2. The van der Waals surface area contributed by atoms with Gasteiger partial charge < -0.3 is 0 Å². The van der Waals surface area contributed by atoms with Crippen molar-refractivity contribution < 1.29 is 0 Å². The third-order valence-corrected chi connectivity index (χ3v) is 12.1.